The van der Waals surface area contributed by atoms with Gasteiger partial charge in [0.2, 0.25) is 0 Å². The van der Waals surface area contributed by atoms with Gasteiger partial charge in [-0.05, 0) is 25.0 Å². The first kappa shape index (κ1) is 7.20. The first-order valence-electron chi connectivity index (χ1n) is 3.17. The average Bonchev–Trinajstić information content (AvgIpc) is 1.82. The van der Waals surface area contributed by atoms with Crippen LogP contribution in [-0.2, 0) is 0 Å². The highest BCUT2D eigenvalue weighted by molar-refractivity contribution is 6.32. The van der Waals surface area contributed by atoms with Gasteiger partial charge in [0.1, 0.15) is 13.6 Å². The van der Waals surface area contributed by atoms with Gasteiger partial charge in [-0.15, -0.1) is 0 Å². The topological polar surface area (TPSA) is 20.2 Å². The number of phenols is 1. The Morgan fingerprint density at radius 2 is 1.60 bits per heavy atom. The minimum atomic E-state index is 0.342. The summed E-state index contributed by atoms with van der Waals surface area (Å²) >= 11 is 0. The molecule has 0 aliphatic carbocycles. The molecule has 0 spiro atoms. The molecule has 0 saturated carbocycles. The van der Waals surface area contributed by atoms with Gasteiger partial charge >= 0.3 is 0 Å². The summed E-state index contributed by atoms with van der Waals surface area (Å²) in [7, 11) is 5.52. The van der Waals surface area contributed by atoms with Gasteiger partial charge in [-0.3, -0.25) is 0 Å². The standard InChI is InChI=1S/C8H9BO/c1-5-3-7(9)4-6(2)8(5)10/h3-4,10H,1-2H3. The Morgan fingerprint density at radius 3 is 2.00 bits per heavy atom. The predicted molar refractivity (Wildman–Crippen MR) is 43.0 cm³/mol. The molecule has 0 amide bonds. The lowest BCUT2D eigenvalue weighted by Crippen LogP contribution is -2.02. The summed E-state index contributed by atoms with van der Waals surface area (Å²) in [6, 6.07) is 3.50. The molecule has 0 unspecified atom stereocenters. The van der Waals surface area contributed by atoms with Crippen LogP contribution in [0.1, 0.15) is 11.1 Å². The zero-order chi connectivity index (χ0) is 7.72. The Bertz CT molecular complexity index is 232. The molecule has 0 saturated heterocycles. The minimum absolute atomic E-state index is 0.342. The van der Waals surface area contributed by atoms with Crippen molar-refractivity contribution in [1.29, 1.82) is 0 Å². The third kappa shape index (κ3) is 1.15. The van der Waals surface area contributed by atoms with Gasteiger partial charge in [0, 0.05) is 0 Å². The summed E-state index contributed by atoms with van der Waals surface area (Å²) in [5, 5.41) is 9.28. The minimum Gasteiger partial charge on any atom is -0.507 e. The molecule has 0 aliphatic heterocycles. The van der Waals surface area contributed by atoms with Crippen molar-refractivity contribution < 1.29 is 5.11 Å². The van der Waals surface area contributed by atoms with Crippen LogP contribution >= 0.6 is 0 Å². The van der Waals surface area contributed by atoms with Crippen molar-refractivity contribution in [3.8, 4) is 5.75 Å². The lowest BCUT2D eigenvalue weighted by molar-refractivity contribution is 0.467. The summed E-state index contributed by atoms with van der Waals surface area (Å²) in [6.45, 7) is 3.66. The van der Waals surface area contributed by atoms with E-state index in [0.29, 0.717) is 11.2 Å². The molecule has 0 heterocycles. The van der Waals surface area contributed by atoms with E-state index < -0.39 is 0 Å². The third-order valence-electron chi connectivity index (χ3n) is 1.51. The van der Waals surface area contributed by atoms with Crippen LogP contribution in [0.25, 0.3) is 0 Å². The maximum absolute atomic E-state index is 9.28. The number of benzene rings is 1. The van der Waals surface area contributed by atoms with E-state index in [1.54, 1.807) is 12.1 Å². The molecule has 0 aliphatic rings. The van der Waals surface area contributed by atoms with Crippen LogP contribution in [0.3, 0.4) is 0 Å². The van der Waals surface area contributed by atoms with E-state index in [1.165, 1.54) is 0 Å². The lowest BCUT2D eigenvalue weighted by atomic mass is 9.92. The molecule has 0 aromatic heterocycles. The summed E-state index contributed by atoms with van der Waals surface area (Å²) in [4.78, 5) is 0. The monoisotopic (exact) mass is 132 g/mol. The van der Waals surface area contributed by atoms with E-state index in [-0.39, 0.29) is 0 Å². The molecule has 0 fully saturated rings. The number of hydrogen-bond donors (Lipinski definition) is 1. The van der Waals surface area contributed by atoms with Crippen LogP contribution < -0.4 is 5.46 Å². The van der Waals surface area contributed by atoms with E-state index in [2.05, 4.69) is 0 Å². The fraction of sp³-hybridized carbons (Fsp3) is 0.250. The molecule has 1 aromatic carbocycles. The van der Waals surface area contributed by atoms with Crippen molar-refractivity contribution in [2.45, 2.75) is 13.8 Å². The highest BCUT2D eigenvalue weighted by atomic mass is 16.3. The smallest absolute Gasteiger partial charge is 0.121 e. The van der Waals surface area contributed by atoms with E-state index >= 15 is 0 Å². The Balaban J connectivity index is 3.31. The molecule has 10 heavy (non-hydrogen) atoms. The molecular formula is C8H9BO. The molecule has 50 valence electrons. The third-order valence-corrected chi connectivity index (χ3v) is 1.51. The van der Waals surface area contributed by atoms with Gasteiger partial charge in [-0.1, -0.05) is 17.6 Å². The van der Waals surface area contributed by atoms with Crippen molar-refractivity contribution in [3.63, 3.8) is 0 Å². The molecular weight excluding hydrogens is 123 g/mol. The molecule has 1 N–H and O–H groups in total. The molecule has 0 atom stereocenters. The molecule has 2 radical (unpaired) electrons. The zero-order valence-corrected chi connectivity index (χ0v) is 6.18. The van der Waals surface area contributed by atoms with Crippen LogP contribution in [0.15, 0.2) is 12.1 Å². The summed E-state index contributed by atoms with van der Waals surface area (Å²) in [5.41, 5.74) is 2.36. The molecule has 1 rings (SSSR count). The number of aromatic hydroxyl groups is 1. The molecule has 2 heteroatoms. The lowest BCUT2D eigenvalue weighted by Gasteiger charge is -2.03. The quantitative estimate of drug-likeness (QED) is 0.517. The number of rotatable bonds is 0. The van der Waals surface area contributed by atoms with Crippen LogP contribution in [0, 0.1) is 13.8 Å². The summed E-state index contributed by atoms with van der Waals surface area (Å²) in [6.07, 6.45) is 0. The largest absolute Gasteiger partial charge is 0.507 e. The second-order valence-electron chi connectivity index (χ2n) is 2.50. The van der Waals surface area contributed by atoms with Crippen molar-refractivity contribution in [2.24, 2.45) is 0 Å². The van der Waals surface area contributed by atoms with Gasteiger partial charge in [0.25, 0.3) is 0 Å². The van der Waals surface area contributed by atoms with E-state index in [9.17, 15) is 5.11 Å². The molecule has 0 bridgehead atoms. The van der Waals surface area contributed by atoms with Crippen LogP contribution in [-0.4, -0.2) is 13.0 Å². The fourth-order valence-electron chi connectivity index (χ4n) is 0.989. The van der Waals surface area contributed by atoms with Crippen molar-refractivity contribution in [2.75, 3.05) is 0 Å². The van der Waals surface area contributed by atoms with Crippen molar-refractivity contribution in [3.05, 3.63) is 23.3 Å². The first-order valence-corrected chi connectivity index (χ1v) is 3.17. The van der Waals surface area contributed by atoms with Crippen molar-refractivity contribution >= 4 is 13.3 Å². The second-order valence-corrected chi connectivity index (χ2v) is 2.50. The van der Waals surface area contributed by atoms with Gasteiger partial charge < -0.3 is 5.11 Å². The number of phenolic OH excluding ortho intramolecular Hbond substituents is 1. The van der Waals surface area contributed by atoms with Crippen LogP contribution in [0.2, 0.25) is 0 Å². The Labute approximate surface area is 62.1 Å². The Morgan fingerprint density at radius 1 is 1.20 bits per heavy atom. The zero-order valence-electron chi connectivity index (χ0n) is 6.18. The maximum Gasteiger partial charge on any atom is 0.121 e. The van der Waals surface area contributed by atoms with Gasteiger partial charge in [0.05, 0.1) is 0 Å². The van der Waals surface area contributed by atoms with Gasteiger partial charge in [-0.2, -0.15) is 0 Å². The molecule has 1 aromatic rings. The van der Waals surface area contributed by atoms with Crippen LogP contribution in [0.5, 0.6) is 5.75 Å². The average molecular weight is 132 g/mol. The summed E-state index contributed by atoms with van der Waals surface area (Å²) in [5.74, 6) is 0.342. The highest BCUT2D eigenvalue weighted by Gasteiger charge is 1.98. The second kappa shape index (κ2) is 2.37. The van der Waals surface area contributed by atoms with E-state index in [1.807, 2.05) is 13.8 Å². The Kier molecular flexibility index (Phi) is 1.71. The first-order chi connectivity index (χ1) is 4.61. The number of hydrogen-bond acceptors (Lipinski definition) is 1. The Hall–Kier alpha value is -0.915. The fourth-order valence-corrected chi connectivity index (χ4v) is 0.989. The normalized spacial score (nSPS) is 9.80. The SMILES string of the molecule is [B]c1cc(C)c(O)c(C)c1. The van der Waals surface area contributed by atoms with E-state index in [0.717, 1.165) is 11.1 Å². The molecule has 1 nitrogen and oxygen atoms in total. The summed E-state index contributed by atoms with van der Waals surface area (Å²) < 4.78 is 0. The van der Waals surface area contributed by atoms with Gasteiger partial charge in [0.15, 0.2) is 0 Å². The predicted octanol–water partition coefficient (Wildman–Crippen LogP) is 0.803. The number of aryl methyl sites for hydroxylation is 2. The van der Waals surface area contributed by atoms with E-state index in [4.69, 9.17) is 7.85 Å². The van der Waals surface area contributed by atoms with Crippen LogP contribution in [0.4, 0.5) is 0 Å². The van der Waals surface area contributed by atoms with Crippen molar-refractivity contribution in [1.82, 2.24) is 0 Å². The maximum atomic E-state index is 9.28. The van der Waals surface area contributed by atoms with Gasteiger partial charge in [-0.25, -0.2) is 0 Å². The highest BCUT2D eigenvalue weighted by Crippen LogP contribution is 2.18.